The largest absolute Gasteiger partial charge is 1.00 e. The summed E-state index contributed by atoms with van der Waals surface area (Å²) >= 11 is 5.40. The minimum atomic E-state index is -0.369. The lowest BCUT2D eigenvalue weighted by atomic mass is 10.2. The monoisotopic (exact) mass is 2100 g/mol. The number of carbonyl (C=O) groups is 8. The molecule has 0 aliphatic carbocycles. The standard InChI is InChI=1S/C23H46N6O3.C22H44N6O3.C17H33N5O2.C13H24N2O3.C6H15ClNO.C6H15N3.9ClH/c1-20(2)23(32)25-9-8-16-29(6,7)18-22(31)24-10-11-26-12-14-27(15-13-26)21(19-30)17-28(3,4)5;1-19(2)22(31)24-9-8-16-28(6,7)18-20(29)23-10-11-25-12-14-26(15-13-25)17-21(30)27(3,4)5;1-15(2)17(24)20-6-5-13-22(3,4)14-16(23)19-9-12-21-10-7-18-8-11-21;1-6-18-12(16)10-15(4,5)9-7-8-14-13(17)11(2)3;1-8(2,3)5-6(9)4-7;7-1-4-9-5-2-8-3-6-9;;;;;;;;;/h21,30H,1,8-19H2,2-7H3;21,30H,1,8-18H2,2-7H3;18H,1,5-14H2,2-4H3,(H-,19,20,23,24);2,6-10H2,1,3-5H3;6,9H,4-5H2,1-3H3;8H,1-7H2;9*1H/q;;;;+1;;;;;;;;;;/p+1. The van der Waals surface area contributed by atoms with E-state index in [1.165, 1.54) is 19.6 Å². The molecule has 4 aliphatic rings. The second-order valence-electron chi connectivity index (χ2n) is 39.5. The summed E-state index contributed by atoms with van der Waals surface area (Å²) < 4.78 is 9.48. The predicted octanol–water partition coefficient (Wildman–Crippen LogP) is -35.8. The summed E-state index contributed by atoms with van der Waals surface area (Å²) in [7, 11) is 34.8. The van der Waals surface area contributed by atoms with Gasteiger partial charge in [0.2, 0.25) is 29.9 Å². The van der Waals surface area contributed by atoms with Crippen molar-refractivity contribution in [2.24, 2.45) is 5.73 Å². The summed E-state index contributed by atoms with van der Waals surface area (Å²) in [5, 5.41) is 56.2. The van der Waals surface area contributed by atoms with Crippen LogP contribution in [0.1, 0.15) is 60.3 Å². The van der Waals surface area contributed by atoms with E-state index < -0.39 is 0 Å². The van der Waals surface area contributed by atoms with Crippen molar-refractivity contribution in [3.63, 3.8) is 0 Å². The molecule has 35 nitrogen and oxygen atoms in total. The Balaban J connectivity index is -0.000000153. The Morgan fingerprint density at radius 3 is 1.00 bits per heavy atom. The quantitative estimate of drug-likeness (QED) is 0.00672. The van der Waals surface area contributed by atoms with Crippen LogP contribution in [0.4, 0.5) is 0 Å². The molecule has 3 atom stereocenters. The number of nitrogens with two attached hydrogens (primary N) is 1. The number of piperazine rings is 4. The minimum absolute atomic E-state index is 0. The van der Waals surface area contributed by atoms with E-state index in [9.17, 15) is 48.6 Å². The van der Waals surface area contributed by atoms with Crippen LogP contribution in [0.25, 0.3) is 0 Å². The number of rotatable bonds is 50. The van der Waals surface area contributed by atoms with Gasteiger partial charge in [0.1, 0.15) is 78.2 Å². The van der Waals surface area contributed by atoms with E-state index >= 15 is 0 Å². The average Bonchev–Trinajstić information content (AvgIpc) is 0.863. The first-order valence-corrected chi connectivity index (χ1v) is 45.5. The van der Waals surface area contributed by atoms with Gasteiger partial charge in [-0.25, -0.2) is 4.79 Å². The molecule has 4 fully saturated rings. The zero-order valence-electron chi connectivity index (χ0n) is 85.0. The highest BCUT2D eigenvalue weighted by Crippen LogP contribution is 2.05. The Hall–Kier alpha value is -3.14. The number of alkyl halides is 1. The fourth-order valence-corrected chi connectivity index (χ4v) is 14.1. The van der Waals surface area contributed by atoms with Gasteiger partial charge in [0.15, 0.2) is 38.8 Å². The van der Waals surface area contributed by atoms with Gasteiger partial charge in [0, 0.05) is 153 Å². The van der Waals surface area contributed by atoms with Gasteiger partial charge in [-0.3, -0.25) is 43.4 Å². The highest BCUT2D eigenvalue weighted by molar-refractivity contribution is 6.18. The van der Waals surface area contributed by atoms with Crippen LogP contribution in [0.5, 0.6) is 0 Å². The van der Waals surface area contributed by atoms with Crippen LogP contribution in [-0.4, -0.2) is 516 Å². The molecule has 0 aromatic heterocycles. The van der Waals surface area contributed by atoms with Gasteiger partial charge >= 0.3 is 5.97 Å². The number of hydrogen-bond donors (Lipinski definition) is 17. The normalized spacial score (nSPS) is 16.8. The average molecular weight is 2100 g/mol. The molecule has 0 spiro atoms. The number of aliphatic hydroxyl groups is 3. The Bertz CT molecular complexity index is 3070. The van der Waals surface area contributed by atoms with E-state index in [4.69, 9.17) is 27.2 Å². The van der Waals surface area contributed by atoms with Crippen molar-refractivity contribution < 1.29 is 221 Å². The van der Waals surface area contributed by atoms with Crippen molar-refractivity contribution in [3.05, 3.63) is 48.6 Å². The maximum absolute atomic E-state index is 12.4. The molecule has 4 saturated heterocycles. The Labute approximate surface area is 858 Å². The Morgan fingerprint density at radius 2 is 0.727 bits per heavy atom. The lowest BCUT2D eigenvalue weighted by molar-refractivity contribution is -1.03. The van der Waals surface area contributed by atoms with Crippen molar-refractivity contribution in [1.82, 2.24) is 57.7 Å². The van der Waals surface area contributed by atoms with E-state index in [1.807, 2.05) is 98.7 Å². The first-order chi connectivity index (χ1) is 57.1. The molecule has 132 heavy (non-hydrogen) atoms. The first-order valence-electron chi connectivity index (χ1n) is 44.9. The maximum Gasteiger partial charge on any atom is 0.361 e. The number of nitrogens with one attached hydrogen (secondary N) is 13. The molecule has 45 heteroatoms. The smallest absolute Gasteiger partial charge is 0.361 e. The fourth-order valence-electron chi connectivity index (χ4n) is 14.0. The van der Waals surface area contributed by atoms with Crippen LogP contribution < -0.4 is 185 Å². The van der Waals surface area contributed by atoms with Gasteiger partial charge in [-0.2, -0.15) is 0 Å². The van der Waals surface area contributed by atoms with Gasteiger partial charge in [-0.1, -0.05) is 26.3 Å². The van der Waals surface area contributed by atoms with Crippen LogP contribution in [0, 0.1) is 0 Å². The number of likely N-dealkylation sites (N-methyl/N-ethyl adjacent to an activating group) is 7. The van der Waals surface area contributed by atoms with Crippen molar-refractivity contribution in [2.75, 3.05) is 394 Å². The van der Waals surface area contributed by atoms with Crippen LogP contribution in [0.15, 0.2) is 48.6 Å². The van der Waals surface area contributed by atoms with Crippen LogP contribution in [0.3, 0.4) is 0 Å². The summed E-state index contributed by atoms with van der Waals surface area (Å²) in [4.78, 5) is 105. The Kier molecular flexibility index (Phi) is 94.9. The maximum atomic E-state index is 12.4. The number of aliphatic hydroxyl groups excluding tert-OH is 3. The number of amides is 7. The van der Waals surface area contributed by atoms with Gasteiger partial charge in [0.25, 0.3) is 17.7 Å². The topological polar surface area (TPSA) is 365 Å². The van der Waals surface area contributed by atoms with Gasteiger partial charge < -0.3 is 236 Å². The van der Waals surface area contributed by atoms with E-state index in [2.05, 4.69) is 105 Å². The number of hydrogen-bond acceptors (Lipinski definition) is 17. The second kappa shape index (κ2) is 82.6. The first kappa shape index (κ1) is 152. The lowest BCUT2D eigenvalue weighted by Gasteiger charge is -2.36. The molecular weight excluding hydrogens is 1910 g/mol. The number of carbonyl (C=O) groups excluding carboxylic acids is 8. The molecule has 18 N–H and O–H groups in total. The van der Waals surface area contributed by atoms with Crippen LogP contribution in [-0.2, 0) is 43.1 Å². The molecule has 0 aromatic rings. The van der Waals surface area contributed by atoms with E-state index in [0.717, 1.165) is 211 Å². The van der Waals surface area contributed by atoms with Gasteiger partial charge in [-0.15, -0.1) is 11.6 Å². The molecule has 7 amide bonds. The summed E-state index contributed by atoms with van der Waals surface area (Å²) in [5.74, 6) is -0.0733. The van der Waals surface area contributed by atoms with E-state index in [1.54, 1.807) is 34.6 Å². The third kappa shape index (κ3) is 86.0. The summed E-state index contributed by atoms with van der Waals surface area (Å²) in [6.45, 7) is 57.5. The Morgan fingerprint density at radius 1 is 0.432 bits per heavy atom. The number of quaternary nitrogens is 11. The summed E-state index contributed by atoms with van der Waals surface area (Å²) in [5.41, 5.74) is 7.46. The van der Waals surface area contributed by atoms with Gasteiger partial charge in [0.05, 0.1) is 185 Å². The predicted molar refractivity (Wildman–Crippen MR) is 495 cm³/mol. The van der Waals surface area contributed by atoms with Crippen molar-refractivity contribution in [3.8, 4) is 0 Å². The van der Waals surface area contributed by atoms with Crippen LogP contribution in [0.2, 0.25) is 0 Å². The number of esters is 1. The van der Waals surface area contributed by atoms with Crippen molar-refractivity contribution >= 4 is 58.9 Å². The van der Waals surface area contributed by atoms with Crippen LogP contribution >= 0.6 is 11.6 Å². The van der Waals surface area contributed by atoms with Gasteiger partial charge in [-0.05, 0) is 34.6 Å². The molecule has 0 radical (unpaired) electrons. The molecule has 4 aliphatic heterocycles. The minimum Gasteiger partial charge on any atom is -1.00 e. The molecule has 0 bridgehead atoms. The fraction of sp³-hybridized carbons (Fsp3) is 0.816. The number of ether oxygens (including phenoxy) is 1. The number of halogens is 10. The SMILES string of the molecule is C=C(C)C(=O)NCCC[N+](C)(C)CC(=O)NCCN1CCNCC1.C=C(C)C(=O)NCCC[N+](C)(C)CC(=O)NCC[NH+]1CC[NH+](C(CO)C[N+](C)(C)C)CC1.C=C(C)C(=O)NCCC[N+](C)(C)CC(=O)NCC[NH+]1CC[NH+](CC(O)[N+](C)(C)C)CC1.C=C(C)C(=O)NCCC[N+](C)(C)CC(=O)OCC.C[N+](C)(C)CC(O)CCl.NCCN1CCNCC1.[Cl-].[Cl-].[Cl-].[Cl-].[Cl-].[Cl-].[Cl-].[Cl-].[Cl-]. The van der Waals surface area contributed by atoms with Crippen molar-refractivity contribution in [1.29, 1.82) is 0 Å². The zero-order chi connectivity index (χ0) is 94.2. The molecule has 3 unspecified atom stereocenters. The highest BCUT2D eigenvalue weighted by atomic mass is 35.5. The summed E-state index contributed by atoms with van der Waals surface area (Å²) in [6, 6.07) is 0.297. The summed E-state index contributed by atoms with van der Waals surface area (Å²) in [6.07, 6.45) is 2.58. The number of nitrogens with zero attached hydrogens (tertiary/aromatic N) is 9. The molecule has 0 aromatic carbocycles. The lowest BCUT2D eigenvalue weighted by Crippen LogP contribution is -3.30. The highest BCUT2D eigenvalue weighted by Gasteiger charge is 2.34. The van der Waals surface area contributed by atoms with Crippen molar-refractivity contribution in [2.45, 2.75) is 78.7 Å². The third-order valence-electron chi connectivity index (χ3n) is 21.4. The molecule has 790 valence electrons. The molecule has 4 heterocycles. The zero-order valence-corrected chi connectivity index (χ0v) is 92.5. The molecule has 0 saturated carbocycles. The molecule has 4 rings (SSSR count). The van der Waals surface area contributed by atoms with E-state index in [-0.39, 0.29) is 178 Å². The van der Waals surface area contributed by atoms with E-state index in [0.29, 0.717) is 142 Å². The second-order valence-corrected chi connectivity index (χ2v) is 39.8. The molecular formula is C87H187Cl10N23O12+2. The third-order valence-corrected chi connectivity index (χ3v) is 21.7.